The first-order valence-corrected chi connectivity index (χ1v) is 11.2. The normalized spacial score (nSPS) is 29.1. The second-order valence-corrected chi connectivity index (χ2v) is 9.95. The number of piperidine rings is 1. The van der Waals surface area contributed by atoms with Crippen molar-refractivity contribution < 1.29 is 4.79 Å². The van der Waals surface area contributed by atoms with Crippen LogP contribution in [0.15, 0.2) is 24.3 Å². The molecule has 2 unspecified atom stereocenters. The molecule has 0 spiro atoms. The molecule has 1 amide bonds. The van der Waals surface area contributed by atoms with E-state index in [0.29, 0.717) is 22.7 Å². The van der Waals surface area contributed by atoms with Gasteiger partial charge in [0.05, 0.1) is 4.58 Å². The van der Waals surface area contributed by atoms with Crippen molar-refractivity contribution in [1.82, 2.24) is 10.2 Å². The van der Waals surface area contributed by atoms with E-state index < -0.39 is 0 Å². The van der Waals surface area contributed by atoms with Crippen LogP contribution < -0.4 is 5.32 Å². The van der Waals surface area contributed by atoms with Crippen molar-refractivity contribution in [2.75, 3.05) is 18.6 Å². The minimum Gasteiger partial charge on any atom is -0.339 e. The molecule has 3 saturated heterocycles. The molecule has 0 radical (unpaired) electrons. The summed E-state index contributed by atoms with van der Waals surface area (Å²) in [6, 6.07) is 9.99. The highest BCUT2D eigenvalue weighted by Gasteiger charge is 2.36. The Balaban J connectivity index is 0.00000182. The van der Waals surface area contributed by atoms with Gasteiger partial charge < -0.3 is 10.2 Å². The van der Waals surface area contributed by atoms with Crippen molar-refractivity contribution in [3.05, 3.63) is 35.4 Å². The van der Waals surface area contributed by atoms with Crippen LogP contribution in [0.1, 0.15) is 52.6 Å². The van der Waals surface area contributed by atoms with Crippen molar-refractivity contribution >= 4 is 41.8 Å². The van der Waals surface area contributed by atoms with Gasteiger partial charge in [0.25, 0.3) is 5.91 Å². The van der Waals surface area contributed by atoms with Crippen LogP contribution in [0.25, 0.3) is 0 Å². The number of hydrogen-bond acceptors (Lipinski definition) is 4. The summed E-state index contributed by atoms with van der Waals surface area (Å²) in [7, 11) is 1.98. The van der Waals surface area contributed by atoms with Crippen molar-refractivity contribution in [3.8, 4) is 0 Å². The number of hydrogen-bond donors (Lipinski definition) is 1. The van der Waals surface area contributed by atoms with Crippen molar-refractivity contribution in [3.63, 3.8) is 0 Å². The Bertz CT molecular complexity index is 580. The van der Waals surface area contributed by atoms with Gasteiger partial charge in [-0.1, -0.05) is 12.1 Å². The average molecular weight is 399 g/mol. The van der Waals surface area contributed by atoms with Gasteiger partial charge >= 0.3 is 0 Å². The van der Waals surface area contributed by atoms with Gasteiger partial charge in [0, 0.05) is 30.7 Å². The molecule has 3 aliphatic heterocycles. The zero-order valence-electron chi connectivity index (χ0n) is 14.6. The van der Waals surface area contributed by atoms with Gasteiger partial charge in [0.2, 0.25) is 0 Å². The van der Waals surface area contributed by atoms with Gasteiger partial charge in [-0.05, 0) is 61.3 Å². The van der Waals surface area contributed by atoms with Gasteiger partial charge in [-0.15, -0.1) is 35.9 Å². The highest BCUT2D eigenvalue weighted by Crippen LogP contribution is 2.43. The van der Waals surface area contributed by atoms with E-state index in [1.807, 2.05) is 47.6 Å². The number of thioether (sulfide) groups is 2. The highest BCUT2D eigenvalue weighted by atomic mass is 35.5. The summed E-state index contributed by atoms with van der Waals surface area (Å²) >= 11 is 4.06. The predicted molar refractivity (Wildman–Crippen MR) is 111 cm³/mol. The van der Waals surface area contributed by atoms with Gasteiger partial charge in [0.15, 0.2) is 0 Å². The molecular weight excluding hydrogens is 372 g/mol. The molecule has 1 N–H and O–H groups in total. The molecule has 1 aromatic carbocycles. The highest BCUT2D eigenvalue weighted by molar-refractivity contribution is 8.16. The molecule has 3 aliphatic rings. The minimum absolute atomic E-state index is 0. The molecule has 3 heterocycles. The second-order valence-electron chi connectivity index (χ2n) is 7.23. The Morgan fingerprint density at radius 3 is 2.28 bits per heavy atom. The fourth-order valence-electron chi connectivity index (χ4n) is 4.18. The fraction of sp³-hybridized carbons (Fsp3) is 0.632. The van der Waals surface area contributed by atoms with Crippen LogP contribution in [0.2, 0.25) is 0 Å². The zero-order chi connectivity index (χ0) is 16.5. The Labute approximate surface area is 165 Å². The van der Waals surface area contributed by atoms with Crippen LogP contribution in [-0.4, -0.2) is 47.5 Å². The van der Waals surface area contributed by atoms with E-state index in [0.717, 1.165) is 18.4 Å². The minimum atomic E-state index is 0. The van der Waals surface area contributed by atoms with E-state index in [1.165, 1.54) is 36.3 Å². The summed E-state index contributed by atoms with van der Waals surface area (Å²) in [4.78, 5) is 14.9. The van der Waals surface area contributed by atoms with Crippen LogP contribution in [0.5, 0.6) is 0 Å². The van der Waals surface area contributed by atoms with Crippen molar-refractivity contribution in [2.24, 2.45) is 0 Å². The molecule has 2 atom stereocenters. The lowest BCUT2D eigenvalue weighted by Crippen LogP contribution is -2.48. The molecule has 4 rings (SSSR count). The molecule has 25 heavy (non-hydrogen) atoms. The SMILES string of the molecule is CN(C(=O)c1ccc(C2SCCCS2)cc1)C1CC2CCC(C1)N2.Cl. The van der Waals surface area contributed by atoms with E-state index >= 15 is 0 Å². The smallest absolute Gasteiger partial charge is 0.253 e. The lowest BCUT2D eigenvalue weighted by molar-refractivity contribution is 0.0681. The number of fused-ring (bicyclic) bond motifs is 2. The molecule has 2 bridgehead atoms. The largest absolute Gasteiger partial charge is 0.339 e. The van der Waals surface area contributed by atoms with Crippen LogP contribution in [-0.2, 0) is 0 Å². The maximum atomic E-state index is 12.9. The fourth-order valence-corrected chi connectivity index (χ4v) is 7.07. The first kappa shape index (κ1) is 19.4. The van der Waals surface area contributed by atoms with Crippen LogP contribution >= 0.6 is 35.9 Å². The molecular formula is C19H27ClN2OS2. The molecule has 1 aromatic rings. The Morgan fingerprint density at radius 1 is 1.08 bits per heavy atom. The summed E-state index contributed by atoms with van der Waals surface area (Å²) in [5.41, 5.74) is 2.18. The van der Waals surface area contributed by atoms with Crippen LogP contribution in [0.3, 0.4) is 0 Å². The lowest BCUT2D eigenvalue weighted by atomic mass is 9.98. The molecule has 0 aromatic heterocycles. The third-order valence-electron chi connectivity index (χ3n) is 5.57. The standard InChI is InChI=1S/C19H26N2OS2.ClH/c1-21(17-11-15-7-8-16(12-17)20-15)18(22)13-3-5-14(6-4-13)19-23-9-2-10-24-19;/h3-6,15-17,19-20H,2,7-12H2,1H3;1H. The third-order valence-corrected chi connectivity index (χ3v) is 8.59. The quantitative estimate of drug-likeness (QED) is 0.821. The number of amides is 1. The Hall–Kier alpha value is -0.360. The van der Waals surface area contributed by atoms with E-state index in [1.54, 1.807) is 0 Å². The summed E-state index contributed by atoms with van der Waals surface area (Å²) in [6.45, 7) is 0. The maximum Gasteiger partial charge on any atom is 0.253 e. The molecule has 3 fully saturated rings. The van der Waals surface area contributed by atoms with E-state index in [4.69, 9.17) is 0 Å². The second kappa shape index (κ2) is 8.55. The lowest BCUT2D eigenvalue weighted by Gasteiger charge is -2.35. The summed E-state index contributed by atoms with van der Waals surface area (Å²) in [5, 5.41) is 3.66. The summed E-state index contributed by atoms with van der Waals surface area (Å²) in [5.74, 6) is 2.68. The maximum absolute atomic E-state index is 12.9. The number of carbonyl (C=O) groups excluding carboxylic acids is 1. The predicted octanol–water partition coefficient (Wildman–Crippen LogP) is 4.33. The number of nitrogens with one attached hydrogen (secondary N) is 1. The molecule has 0 aliphatic carbocycles. The Morgan fingerprint density at radius 2 is 1.68 bits per heavy atom. The number of rotatable bonds is 3. The monoisotopic (exact) mass is 398 g/mol. The van der Waals surface area contributed by atoms with E-state index in [2.05, 4.69) is 17.4 Å². The van der Waals surface area contributed by atoms with Crippen LogP contribution in [0.4, 0.5) is 0 Å². The van der Waals surface area contributed by atoms with Gasteiger partial charge in [-0.2, -0.15) is 0 Å². The molecule has 6 heteroatoms. The van der Waals surface area contributed by atoms with Gasteiger partial charge in [0.1, 0.15) is 0 Å². The third kappa shape index (κ3) is 4.32. The summed E-state index contributed by atoms with van der Waals surface area (Å²) in [6.07, 6.45) is 6.06. The topological polar surface area (TPSA) is 32.3 Å². The van der Waals surface area contributed by atoms with E-state index in [-0.39, 0.29) is 18.3 Å². The zero-order valence-corrected chi connectivity index (χ0v) is 17.1. The van der Waals surface area contributed by atoms with Gasteiger partial charge in [-0.25, -0.2) is 0 Å². The van der Waals surface area contributed by atoms with Crippen molar-refractivity contribution in [2.45, 2.75) is 54.8 Å². The molecule has 3 nitrogen and oxygen atoms in total. The Kier molecular flexibility index (Phi) is 6.64. The van der Waals surface area contributed by atoms with Gasteiger partial charge in [-0.3, -0.25) is 4.79 Å². The first-order valence-electron chi connectivity index (χ1n) is 9.07. The molecule has 138 valence electrons. The van der Waals surface area contributed by atoms with Crippen molar-refractivity contribution in [1.29, 1.82) is 0 Å². The number of carbonyl (C=O) groups is 1. The first-order chi connectivity index (χ1) is 11.7. The van der Waals surface area contributed by atoms with E-state index in [9.17, 15) is 4.79 Å². The summed E-state index contributed by atoms with van der Waals surface area (Å²) < 4.78 is 0.542. The number of benzene rings is 1. The van der Waals surface area contributed by atoms with Crippen LogP contribution in [0, 0.1) is 0 Å². The number of halogens is 1. The molecule has 0 saturated carbocycles. The average Bonchev–Trinajstić information content (AvgIpc) is 2.99. The number of nitrogens with zero attached hydrogens (tertiary/aromatic N) is 1.